The number of aromatic nitrogens is 1. The molecule has 1 aliphatic rings. The summed E-state index contributed by atoms with van der Waals surface area (Å²) in [6, 6.07) is 10.6. The molecule has 3 nitrogen and oxygen atoms in total. The van der Waals surface area contributed by atoms with Crippen LogP contribution < -0.4 is 5.32 Å². The molecule has 100 valence electrons. The zero-order valence-corrected chi connectivity index (χ0v) is 12.2. The molecule has 4 heteroatoms. The van der Waals surface area contributed by atoms with Crippen molar-refractivity contribution in [2.24, 2.45) is 0 Å². The van der Waals surface area contributed by atoms with E-state index in [4.69, 9.17) is 0 Å². The number of fused-ring (bicyclic) bond motifs is 1. The fourth-order valence-electron chi connectivity index (χ4n) is 2.62. The van der Waals surface area contributed by atoms with E-state index in [2.05, 4.69) is 38.4 Å². The number of aliphatic hydroxyl groups excluding tert-OH is 1. The fraction of sp³-hybridized carbons (Fsp3) is 0.400. The minimum atomic E-state index is -0.114. The summed E-state index contributed by atoms with van der Waals surface area (Å²) >= 11 is 3.54. The van der Waals surface area contributed by atoms with Crippen molar-refractivity contribution in [2.75, 3.05) is 5.32 Å². The summed E-state index contributed by atoms with van der Waals surface area (Å²) in [5.74, 6) is 0.917. The Hall–Kier alpha value is -1.13. The number of rotatable bonds is 2. The summed E-state index contributed by atoms with van der Waals surface area (Å²) < 4.78 is 1.02. The Morgan fingerprint density at radius 1 is 1.11 bits per heavy atom. The lowest BCUT2D eigenvalue weighted by Crippen LogP contribution is -2.28. The van der Waals surface area contributed by atoms with Crippen LogP contribution in [0.4, 0.5) is 5.82 Å². The molecule has 1 heterocycles. The highest BCUT2D eigenvalue weighted by molar-refractivity contribution is 9.10. The lowest BCUT2D eigenvalue weighted by atomic mass is 9.93. The van der Waals surface area contributed by atoms with Crippen molar-refractivity contribution in [3.8, 4) is 0 Å². The number of nitrogens with one attached hydrogen (secondary N) is 1. The highest BCUT2D eigenvalue weighted by Crippen LogP contribution is 2.25. The summed E-state index contributed by atoms with van der Waals surface area (Å²) in [4.78, 5) is 4.67. The molecule has 0 saturated heterocycles. The Morgan fingerprint density at radius 2 is 1.89 bits per heavy atom. The summed E-state index contributed by atoms with van der Waals surface area (Å²) in [6.45, 7) is 0. The van der Waals surface area contributed by atoms with Crippen LogP contribution in [-0.4, -0.2) is 22.2 Å². The molecule has 3 rings (SSSR count). The van der Waals surface area contributed by atoms with E-state index >= 15 is 0 Å². The van der Waals surface area contributed by atoms with Crippen molar-refractivity contribution >= 4 is 32.7 Å². The Labute approximate surface area is 121 Å². The van der Waals surface area contributed by atoms with E-state index in [1.807, 2.05) is 18.2 Å². The number of halogens is 1. The smallest absolute Gasteiger partial charge is 0.126 e. The van der Waals surface area contributed by atoms with Gasteiger partial charge in [0.05, 0.1) is 11.6 Å². The van der Waals surface area contributed by atoms with Gasteiger partial charge in [-0.2, -0.15) is 0 Å². The largest absolute Gasteiger partial charge is 0.393 e. The molecule has 0 spiro atoms. The van der Waals surface area contributed by atoms with Crippen molar-refractivity contribution in [3.05, 3.63) is 34.8 Å². The molecule has 0 unspecified atom stereocenters. The Balaban J connectivity index is 1.80. The first-order valence-corrected chi connectivity index (χ1v) is 7.51. The molecule has 2 aromatic rings. The number of aliphatic hydroxyl groups is 1. The Bertz CT molecular complexity index is 579. The topological polar surface area (TPSA) is 45.1 Å². The first kappa shape index (κ1) is 12.9. The molecule has 0 radical (unpaired) electrons. The molecular formula is C15H17BrN2O. The first-order chi connectivity index (χ1) is 9.22. The van der Waals surface area contributed by atoms with Crippen molar-refractivity contribution < 1.29 is 5.11 Å². The second-order valence-electron chi connectivity index (χ2n) is 5.16. The molecule has 0 amide bonds. The molecular weight excluding hydrogens is 304 g/mol. The second kappa shape index (κ2) is 5.47. The molecule has 0 bridgehead atoms. The third-order valence-corrected chi connectivity index (χ3v) is 4.36. The van der Waals surface area contributed by atoms with Crippen molar-refractivity contribution in [1.29, 1.82) is 0 Å². The van der Waals surface area contributed by atoms with E-state index in [1.165, 1.54) is 0 Å². The molecule has 1 aliphatic carbocycles. The highest BCUT2D eigenvalue weighted by Gasteiger charge is 2.19. The lowest BCUT2D eigenvalue weighted by molar-refractivity contribution is 0.126. The molecule has 1 fully saturated rings. The molecule has 1 saturated carbocycles. The summed E-state index contributed by atoms with van der Waals surface area (Å²) in [6.07, 6.45) is 3.68. The molecule has 19 heavy (non-hydrogen) atoms. The average Bonchev–Trinajstić information content (AvgIpc) is 2.42. The predicted molar refractivity (Wildman–Crippen MR) is 81.3 cm³/mol. The quantitative estimate of drug-likeness (QED) is 0.886. The van der Waals surface area contributed by atoms with Crippen LogP contribution in [0.15, 0.2) is 34.8 Å². The number of para-hydroxylation sites is 1. The van der Waals surface area contributed by atoms with E-state index in [1.54, 1.807) is 0 Å². The van der Waals surface area contributed by atoms with E-state index in [9.17, 15) is 5.11 Å². The monoisotopic (exact) mass is 320 g/mol. The van der Waals surface area contributed by atoms with Gasteiger partial charge in [-0.05, 0) is 59.8 Å². The first-order valence-electron chi connectivity index (χ1n) is 6.72. The third-order valence-electron chi connectivity index (χ3n) is 3.72. The molecule has 2 N–H and O–H groups in total. The van der Waals surface area contributed by atoms with Gasteiger partial charge in [-0.3, -0.25) is 0 Å². The van der Waals surface area contributed by atoms with Gasteiger partial charge in [0.1, 0.15) is 5.82 Å². The van der Waals surface area contributed by atoms with Gasteiger partial charge >= 0.3 is 0 Å². The zero-order valence-electron chi connectivity index (χ0n) is 10.6. The maximum Gasteiger partial charge on any atom is 0.126 e. The third kappa shape index (κ3) is 2.90. The van der Waals surface area contributed by atoms with Gasteiger partial charge in [-0.25, -0.2) is 4.98 Å². The minimum absolute atomic E-state index is 0.114. The van der Waals surface area contributed by atoms with Crippen LogP contribution in [0, 0.1) is 0 Å². The standard InChI is InChI=1S/C15H17BrN2O/c16-13-3-1-2-10-4-9-14(18-15(10)13)17-11-5-7-12(19)8-6-11/h1-4,9,11-12,19H,5-8H2,(H,17,18). The number of pyridine rings is 1. The van der Waals surface area contributed by atoms with Gasteiger partial charge in [0.25, 0.3) is 0 Å². The van der Waals surface area contributed by atoms with Crippen LogP contribution in [0.5, 0.6) is 0 Å². The van der Waals surface area contributed by atoms with Crippen LogP contribution in [0.1, 0.15) is 25.7 Å². The molecule has 1 aromatic heterocycles. The van der Waals surface area contributed by atoms with E-state index in [0.717, 1.165) is 46.9 Å². The fourth-order valence-corrected chi connectivity index (χ4v) is 3.09. The molecule has 0 aliphatic heterocycles. The molecule has 1 aromatic carbocycles. The van der Waals surface area contributed by atoms with Crippen LogP contribution >= 0.6 is 15.9 Å². The maximum atomic E-state index is 9.52. The predicted octanol–water partition coefficient (Wildman–Crippen LogP) is 3.71. The normalized spacial score (nSPS) is 23.5. The van der Waals surface area contributed by atoms with Crippen LogP contribution in [0.3, 0.4) is 0 Å². The Morgan fingerprint density at radius 3 is 2.68 bits per heavy atom. The SMILES string of the molecule is OC1CCC(Nc2ccc3cccc(Br)c3n2)CC1. The van der Waals surface area contributed by atoms with E-state index in [0.29, 0.717) is 6.04 Å². The molecule has 0 atom stereocenters. The van der Waals surface area contributed by atoms with Crippen molar-refractivity contribution in [2.45, 2.75) is 37.8 Å². The van der Waals surface area contributed by atoms with Gasteiger partial charge in [0.2, 0.25) is 0 Å². The number of benzene rings is 1. The lowest BCUT2D eigenvalue weighted by Gasteiger charge is -2.26. The van der Waals surface area contributed by atoms with Crippen LogP contribution in [0.2, 0.25) is 0 Å². The number of nitrogens with zero attached hydrogens (tertiary/aromatic N) is 1. The van der Waals surface area contributed by atoms with Gasteiger partial charge in [-0.1, -0.05) is 12.1 Å². The van der Waals surface area contributed by atoms with Gasteiger partial charge in [0.15, 0.2) is 0 Å². The van der Waals surface area contributed by atoms with Crippen LogP contribution in [0.25, 0.3) is 10.9 Å². The maximum absolute atomic E-state index is 9.52. The summed E-state index contributed by atoms with van der Waals surface area (Å²) in [5.41, 5.74) is 0.989. The van der Waals surface area contributed by atoms with Crippen molar-refractivity contribution in [1.82, 2.24) is 4.98 Å². The minimum Gasteiger partial charge on any atom is -0.393 e. The van der Waals surface area contributed by atoms with Gasteiger partial charge in [0, 0.05) is 15.9 Å². The summed E-state index contributed by atoms with van der Waals surface area (Å²) in [7, 11) is 0. The summed E-state index contributed by atoms with van der Waals surface area (Å²) in [5, 5.41) is 14.1. The average molecular weight is 321 g/mol. The van der Waals surface area contributed by atoms with E-state index in [-0.39, 0.29) is 6.10 Å². The zero-order chi connectivity index (χ0) is 13.2. The Kier molecular flexibility index (Phi) is 3.71. The van der Waals surface area contributed by atoms with E-state index < -0.39 is 0 Å². The number of anilines is 1. The van der Waals surface area contributed by atoms with Gasteiger partial charge in [-0.15, -0.1) is 0 Å². The number of hydrogen-bond acceptors (Lipinski definition) is 3. The van der Waals surface area contributed by atoms with Crippen LogP contribution in [-0.2, 0) is 0 Å². The highest BCUT2D eigenvalue weighted by atomic mass is 79.9. The van der Waals surface area contributed by atoms with Crippen molar-refractivity contribution in [3.63, 3.8) is 0 Å². The van der Waals surface area contributed by atoms with Gasteiger partial charge < -0.3 is 10.4 Å². The number of hydrogen-bond donors (Lipinski definition) is 2. The second-order valence-corrected chi connectivity index (χ2v) is 6.01.